The van der Waals surface area contributed by atoms with Crippen molar-refractivity contribution in [2.75, 3.05) is 12.5 Å². The monoisotopic (exact) mass is 359 g/mol. The first kappa shape index (κ1) is 17.4. The van der Waals surface area contributed by atoms with E-state index >= 15 is 0 Å². The Bertz CT molecular complexity index is 954. The van der Waals surface area contributed by atoms with E-state index in [1.54, 1.807) is 6.07 Å². The summed E-state index contributed by atoms with van der Waals surface area (Å²) in [6.07, 6.45) is 4.06. The topological polar surface area (TPSA) is 65.4 Å². The van der Waals surface area contributed by atoms with Gasteiger partial charge in [0, 0.05) is 11.6 Å². The Balaban J connectivity index is 1.80. The number of rotatable bonds is 6. The first-order valence-electron chi connectivity index (χ1n) is 7.61. The van der Waals surface area contributed by atoms with Crippen LogP contribution in [0.2, 0.25) is 0 Å². The molecule has 0 saturated heterocycles. The summed E-state index contributed by atoms with van der Waals surface area (Å²) in [5, 5.41) is 0. The lowest BCUT2D eigenvalue weighted by Crippen LogP contribution is -2.19. The van der Waals surface area contributed by atoms with Crippen molar-refractivity contribution < 1.29 is 23.0 Å². The number of imidazole rings is 1. The van der Waals surface area contributed by atoms with Crippen molar-refractivity contribution in [3.63, 3.8) is 0 Å². The molecule has 0 radical (unpaired) electrons. The number of halogens is 2. The number of para-hydroxylation sites is 3. The summed E-state index contributed by atoms with van der Waals surface area (Å²) >= 11 is 0. The largest absolute Gasteiger partial charge is 0.493 e. The van der Waals surface area contributed by atoms with Crippen molar-refractivity contribution in [1.82, 2.24) is 9.66 Å². The Morgan fingerprint density at radius 1 is 1.23 bits per heavy atom. The van der Waals surface area contributed by atoms with Crippen LogP contribution in [0.4, 0.5) is 8.78 Å². The predicted molar refractivity (Wildman–Crippen MR) is 92.8 cm³/mol. The summed E-state index contributed by atoms with van der Waals surface area (Å²) in [5.41, 5.74) is 4.39. The number of methoxy groups -OCH3 is 1. The zero-order valence-electron chi connectivity index (χ0n) is 13.7. The molecule has 0 atom stereocenters. The van der Waals surface area contributed by atoms with Crippen molar-refractivity contribution in [2.45, 2.75) is 6.61 Å². The van der Waals surface area contributed by atoms with Gasteiger partial charge < -0.3 is 9.47 Å². The molecule has 0 bridgehead atoms. The van der Waals surface area contributed by atoms with Gasteiger partial charge in [-0.2, -0.15) is 8.78 Å². The molecular weight excluding hydrogens is 344 g/mol. The van der Waals surface area contributed by atoms with Gasteiger partial charge in [0.2, 0.25) is 0 Å². The first-order chi connectivity index (χ1) is 12.6. The highest BCUT2D eigenvalue weighted by atomic mass is 19.3. The number of fused-ring (bicyclic) bond motifs is 1. The molecule has 1 amide bonds. The molecule has 3 aromatic rings. The number of nitrogens with zero attached hydrogens (tertiary/aromatic N) is 2. The fourth-order valence-electron chi connectivity index (χ4n) is 2.41. The van der Waals surface area contributed by atoms with Gasteiger partial charge in [0.1, 0.15) is 6.33 Å². The van der Waals surface area contributed by atoms with Crippen LogP contribution in [-0.2, 0) is 4.79 Å². The minimum Gasteiger partial charge on any atom is -0.493 e. The molecule has 0 spiro atoms. The lowest BCUT2D eigenvalue weighted by atomic mass is 10.1. The van der Waals surface area contributed by atoms with Crippen LogP contribution in [-0.4, -0.2) is 29.3 Å². The van der Waals surface area contributed by atoms with Crippen LogP contribution >= 0.6 is 0 Å². The van der Waals surface area contributed by atoms with E-state index in [1.165, 1.54) is 42.4 Å². The first-order valence-corrected chi connectivity index (χ1v) is 7.61. The molecule has 2 aromatic carbocycles. The second-order valence-corrected chi connectivity index (χ2v) is 5.17. The average molecular weight is 359 g/mol. The molecule has 0 aliphatic carbocycles. The van der Waals surface area contributed by atoms with E-state index in [0.29, 0.717) is 0 Å². The van der Waals surface area contributed by atoms with Gasteiger partial charge in [0.05, 0.1) is 18.1 Å². The van der Waals surface area contributed by atoms with Crippen LogP contribution in [0.15, 0.2) is 54.9 Å². The molecule has 26 heavy (non-hydrogen) atoms. The number of carbonyl (C=O) groups is 1. The zero-order valence-corrected chi connectivity index (χ0v) is 13.7. The number of amides is 1. The SMILES string of the molecule is COc1cccc(/C=C/C(=O)Nn2cnc3ccccc32)c1OC(F)F. The third-order valence-electron chi connectivity index (χ3n) is 3.53. The van der Waals surface area contributed by atoms with E-state index in [9.17, 15) is 13.6 Å². The number of alkyl halides is 2. The fraction of sp³-hybridized carbons (Fsp3) is 0.111. The van der Waals surface area contributed by atoms with Gasteiger partial charge in [0.25, 0.3) is 5.91 Å². The lowest BCUT2D eigenvalue weighted by molar-refractivity contribution is -0.112. The van der Waals surface area contributed by atoms with Crippen LogP contribution < -0.4 is 14.9 Å². The van der Waals surface area contributed by atoms with Crippen LogP contribution in [0, 0.1) is 0 Å². The Labute approximate surface area is 147 Å². The third-order valence-corrected chi connectivity index (χ3v) is 3.53. The van der Waals surface area contributed by atoms with E-state index in [-0.39, 0.29) is 17.1 Å². The maximum Gasteiger partial charge on any atom is 0.387 e. The molecule has 6 nitrogen and oxygen atoms in total. The molecule has 0 unspecified atom stereocenters. The number of hydrogen-bond donors (Lipinski definition) is 1. The Morgan fingerprint density at radius 2 is 2.04 bits per heavy atom. The summed E-state index contributed by atoms with van der Waals surface area (Å²) in [5.74, 6) is -0.449. The minimum atomic E-state index is -3.01. The van der Waals surface area contributed by atoms with Crippen molar-refractivity contribution in [3.8, 4) is 11.5 Å². The number of ether oxygens (including phenoxy) is 2. The van der Waals surface area contributed by atoms with E-state index in [1.807, 2.05) is 24.3 Å². The van der Waals surface area contributed by atoms with Gasteiger partial charge in [-0.15, -0.1) is 0 Å². The molecule has 8 heteroatoms. The van der Waals surface area contributed by atoms with E-state index < -0.39 is 12.5 Å². The number of benzene rings is 2. The Morgan fingerprint density at radius 3 is 2.81 bits per heavy atom. The van der Waals surface area contributed by atoms with Crippen LogP contribution in [0.1, 0.15) is 5.56 Å². The minimum absolute atomic E-state index is 0.137. The molecule has 3 rings (SSSR count). The second-order valence-electron chi connectivity index (χ2n) is 5.17. The summed E-state index contributed by atoms with van der Waals surface area (Å²) in [4.78, 5) is 16.3. The molecule has 0 fully saturated rings. The molecule has 0 saturated carbocycles. The summed E-state index contributed by atoms with van der Waals surface area (Å²) < 4.78 is 36.3. The van der Waals surface area contributed by atoms with Gasteiger partial charge in [-0.05, 0) is 24.3 Å². The quantitative estimate of drug-likeness (QED) is 0.685. The van der Waals surface area contributed by atoms with Crippen LogP contribution in [0.25, 0.3) is 17.1 Å². The van der Waals surface area contributed by atoms with Gasteiger partial charge in [0.15, 0.2) is 11.5 Å². The predicted octanol–water partition coefficient (Wildman–Crippen LogP) is 3.43. The van der Waals surface area contributed by atoms with Crippen molar-refractivity contribution in [3.05, 3.63) is 60.4 Å². The molecule has 134 valence electrons. The van der Waals surface area contributed by atoms with Gasteiger partial charge >= 0.3 is 6.61 Å². The molecule has 0 aliphatic rings. The number of aromatic nitrogens is 2. The number of carbonyl (C=O) groups excluding carboxylic acids is 1. The maximum absolute atomic E-state index is 12.6. The standard InChI is InChI=1S/C18H15F2N3O3/c1-25-15-8-4-5-12(17(15)26-18(19)20)9-10-16(24)22-23-11-21-13-6-2-3-7-14(13)23/h2-11,18H,1H3,(H,22,24)/b10-9+. The zero-order chi connectivity index (χ0) is 18.5. The van der Waals surface area contributed by atoms with Crippen molar-refractivity contribution >= 4 is 23.0 Å². The van der Waals surface area contributed by atoms with Crippen molar-refractivity contribution in [1.29, 1.82) is 0 Å². The van der Waals surface area contributed by atoms with Gasteiger partial charge in [-0.1, -0.05) is 24.3 Å². The number of hydrogen-bond acceptors (Lipinski definition) is 4. The number of nitrogens with one attached hydrogen (secondary N) is 1. The lowest BCUT2D eigenvalue weighted by Gasteiger charge is -2.12. The van der Waals surface area contributed by atoms with Gasteiger partial charge in [-0.25, -0.2) is 9.66 Å². The normalized spacial score (nSPS) is 11.2. The van der Waals surface area contributed by atoms with E-state index in [0.717, 1.165) is 11.0 Å². The summed E-state index contributed by atoms with van der Waals surface area (Å²) in [7, 11) is 1.35. The molecule has 0 aliphatic heterocycles. The maximum atomic E-state index is 12.6. The van der Waals surface area contributed by atoms with Crippen molar-refractivity contribution in [2.24, 2.45) is 0 Å². The van der Waals surface area contributed by atoms with Crippen LogP contribution in [0.3, 0.4) is 0 Å². The summed E-state index contributed by atoms with van der Waals surface area (Å²) in [6.45, 7) is -3.01. The van der Waals surface area contributed by atoms with Gasteiger partial charge in [-0.3, -0.25) is 10.2 Å². The second kappa shape index (κ2) is 7.64. The molecular formula is C18H15F2N3O3. The fourth-order valence-corrected chi connectivity index (χ4v) is 2.41. The van der Waals surface area contributed by atoms with E-state index in [4.69, 9.17) is 4.74 Å². The Kier molecular flexibility index (Phi) is 5.12. The van der Waals surface area contributed by atoms with Crippen LogP contribution in [0.5, 0.6) is 11.5 Å². The highest BCUT2D eigenvalue weighted by molar-refractivity contribution is 5.98. The Hall–Kier alpha value is -3.42. The summed E-state index contributed by atoms with van der Waals surface area (Å²) in [6, 6.07) is 11.9. The highest BCUT2D eigenvalue weighted by Gasteiger charge is 2.14. The third kappa shape index (κ3) is 3.80. The molecule has 1 N–H and O–H groups in total. The highest BCUT2D eigenvalue weighted by Crippen LogP contribution is 2.33. The molecule has 1 heterocycles. The average Bonchev–Trinajstić information content (AvgIpc) is 3.03. The molecule has 1 aromatic heterocycles. The van der Waals surface area contributed by atoms with E-state index in [2.05, 4.69) is 15.1 Å². The smallest absolute Gasteiger partial charge is 0.387 e.